The van der Waals surface area contributed by atoms with Gasteiger partial charge in [0.2, 0.25) is 0 Å². The van der Waals surface area contributed by atoms with Crippen LogP contribution in [0.3, 0.4) is 0 Å². The molecule has 1 N–H and O–H groups in total. The van der Waals surface area contributed by atoms with Crippen LogP contribution in [-0.2, 0) is 16.0 Å². The predicted molar refractivity (Wildman–Crippen MR) is 120 cm³/mol. The zero-order valence-electron chi connectivity index (χ0n) is 17.5. The van der Waals surface area contributed by atoms with E-state index in [2.05, 4.69) is 5.32 Å². The van der Waals surface area contributed by atoms with Crippen LogP contribution < -0.4 is 5.32 Å². The minimum Gasteiger partial charge on any atom is -0.350 e. The van der Waals surface area contributed by atoms with Gasteiger partial charge in [0.25, 0.3) is 11.8 Å². The molecule has 1 heterocycles. The topological polar surface area (TPSA) is 49.4 Å². The Kier molecular flexibility index (Phi) is 5.67. The Balaban J connectivity index is 1.69. The molecule has 3 aromatic rings. The van der Waals surface area contributed by atoms with Crippen LogP contribution in [0.15, 0.2) is 78.5 Å². The summed E-state index contributed by atoms with van der Waals surface area (Å²) in [4.78, 5) is 27.9. The summed E-state index contributed by atoms with van der Waals surface area (Å²) in [6.45, 7) is 4.25. The van der Waals surface area contributed by atoms with Crippen molar-refractivity contribution in [3.63, 3.8) is 0 Å². The number of carbonyl (C=O) groups is 2. The summed E-state index contributed by atoms with van der Waals surface area (Å²) in [5.41, 5.74) is 4.98. The number of imide groups is 1. The molecule has 5 heteroatoms. The first kappa shape index (κ1) is 20.5. The van der Waals surface area contributed by atoms with Crippen LogP contribution in [0.1, 0.15) is 22.3 Å². The van der Waals surface area contributed by atoms with E-state index in [1.807, 2.05) is 62.4 Å². The second-order valence-corrected chi connectivity index (χ2v) is 7.68. The van der Waals surface area contributed by atoms with Crippen LogP contribution in [0.2, 0.25) is 0 Å². The molecule has 0 spiro atoms. The maximum absolute atomic E-state index is 13.3. The summed E-state index contributed by atoms with van der Waals surface area (Å²) in [5, 5.41) is 3.06. The van der Waals surface area contributed by atoms with Gasteiger partial charge in [-0.2, -0.15) is 0 Å². The van der Waals surface area contributed by atoms with E-state index < -0.39 is 0 Å². The Morgan fingerprint density at radius 1 is 0.839 bits per heavy atom. The Labute approximate surface area is 181 Å². The molecule has 1 aliphatic heterocycles. The number of amides is 2. The quantitative estimate of drug-likeness (QED) is 0.585. The normalized spacial score (nSPS) is 13.8. The van der Waals surface area contributed by atoms with Gasteiger partial charge in [-0.05, 0) is 66.8 Å². The molecule has 3 aromatic carbocycles. The number of hydrogen-bond donors (Lipinski definition) is 1. The molecule has 0 radical (unpaired) electrons. The minimum absolute atomic E-state index is 0.216. The van der Waals surface area contributed by atoms with Crippen molar-refractivity contribution in [2.24, 2.45) is 0 Å². The lowest BCUT2D eigenvalue weighted by Gasteiger charge is -2.15. The van der Waals surface area contributed by atoms with Crippen LogP contribution in [0.4, 0.5) is 10.1 Å². The van der Waals surface area contributed by atoms with Crippen LogP contribution in [0.5, 0.6) is 0 Å². The maximum atomic E-state index is 13.3. The molecule has 31 heavy (non-hydrogen) atoms. The predicted octanol–water partition coefficient (Wildman–Crippen LogP) is 4.88. The van der Waals surface area contributed by atoms with Crippen molar-refractivity contribution in [3.8, 4) is 0 Å². The largest absolute Gasteiger partial charge is 0.350 e. The molecule has 1 aliphatic rings. The number of halogens is 1. The molecule has 156 valence electrons. The van der Waals surface area contributed by atoms with E-state index in [-0.39, 0.29) is 29.9 Å². The van der Waals surface area contributed by atoms with Crippen molar-refractivity contribution in [2.45, 2.75) is 20.3 Å². The molecule has 0 bridgehead atoms. The lowest BCUT2D eigenvalue weighted by molar-refractivity contribution is -0.136. The molecule has 2 amide bonds. The van der Waals surface area contributed by atoms with Gasteiger partial charge in [0.15, 0.2) is 0 Å². The number of anilines is 1. The number of nitrogens with one attached hydrogen (secondary N) is 1. The monoisotopic (exact) mass is 414 g/mol. The minimum atomic E-state index is -0.376. The molecule has 0 aromatic heterocycles. The van der Waals surface area contributed by atoms with Crippen molar-refractivity contribution in [2.75, 3.05) is 11.9 Å². The van der Waals surface area contributed by atoms with E-state index in [0.717, 1.165) is 16.7 Å². The first-order chi connectivity index (χ1) is 14.9. The molecule has 0 saturated heterocycles. The highest BCUT2D eigenvalue weighted by Crippen LogP contribution is 2.31. The Morgan fingerprint density at radius 2 is 1.55 bits per heavy atom. The number of hydrogen-bond acceptors (Lipinski definition) is 3. The highest BCUT2D eigenvalue weighted by Gasteiger charge is 2.39. The highest BCUT2D eigenvalue weighted by atomic mass is 19.1. The third kappa shape index (κ3) is 4.26. The zero-order valence-corrected chi connectivity index (χ0v) is 17.5. The van der Waals surface area contributed by atoms with Crippen molar-refractivity contribution in [1.82, 2.24) is 4.90 Å². The van der Waals surface area contributed by atoms with Gasteiger partial charge in [-0.1, -0.05) is 48.5 Å². The van der Waals surface area contributed by atoms with Gasteiger partial charge < -0.3 is 5.32 Å². The standard InChI is InChI=1S/C26H23FN2O2/c1-17-8-9-20(16-18(17)2)23-24(28-22-12-10-21(27)11-13-22)26(31)29(25(23)30)15-14-19-6-4-3-5-7-19/h3-13,16,28H,14-15H2,1-2H3. The average molecular weight is 414 g/mol. The second-order valence-electron chi connectivity index (χ2n) is 7.68. The van der Waals surface area contributed by atoms with E-state index in [1.54, 1.807) is 12.1 Å². The van der Waals surface area contributed by atoms with Crippen LogP contribution in [0.25, 0.3) is 5.57 Å². The summed E-state index contributed by atoms with van der Waals surface area (Å²) in [5.74, 6) is -1.07. The smallest absolute Gasteiger partial charge is 0.278 e. The lowest BCUT2D eigenvalue weighted by Crippen LogP contribution is -2.34. The number of carbonyl (C=O) groups excluding carboxylic acids is 2. The van der Waals surface area contributed by atoms with Crippen molar-refractivity contribution >= 4 is 23.1 Å². The molecule has 0 fully saturated rings. The summed E-state index contributed by atoms with van der Waals surface area (Å²) in [7, 11) is 0. The summed E-state index contributed by atoms with van der Waals surface area (Å²) in [6.07, 6.45) is 0.572. The van der Waals surface area contributed by atoms with Gasteiger partial charge in [-0.3, -0.25) is 14.5 Å². The van der Waals surface area contributed by atoms with E-state index in [4.69, 9.17) is 0 Å². The van der Waals surface area contributed by atoms with E-state index in [9.17, 15) is 14.0 Å². The number of aryl methyl sites for hydroxylation is 2. The van der Waals surface area contributed by atoms with Gasteiger partial charge in [-0.25, -0.2) is 4.39 Å². The van der Waals surface area contributed by atoms with Crippen LogP contribution >= 0.6 is 0 Å². The van der Waals surface area contributed by atoms with Gasteiger partial charge in [0.05, 0.1) is 5.57 Å². The van der Waals surface area contributed by atoms with E-state index >= 15 is 0 Å². The molecular formula is C26H23FN2O2. The summed E-state index contributed by atoms with van der Waals surface area (Å²) < 4.78 is 13.3. The van der Waals surface area contributed by atoms with Gasteiger partial charge >= 0.3 is 0 Å². The van der Waals surface area contributed by atoms with Gasteiger partial charge in [0, 0.05) is 12.2 Å². The first-order valence-electron chi connectivity index (χ1n) is 10.2. The molecular weight excluding hydrogens is 391 g/mol. The molecule has 0 saturated carbocycles. The van der Waals surface area contributed by atoms with E-state index in [0.29, 0.717) is 23.2 Å². The van der Waals surface area contributed by atoms with Crippen LogP contribution in [-0.4, -0.2) is 23.3 Å². The molecule has 0 unspecified atom stereocenters. The third-order valence-electron chi connectivity index (χ3n) is 5.54. The van der Waals surface area contributed by atoms with Crippen LogP contribution in [0, 0.1) is 19.7 Å². The van der Waals surface area contributed by atoms with Crippen molar-refractivity contribution in [1.29, 1.82) is 0 Å². The SMILES string of the molecule is Cc1ccc(C2=C(Nc3ccc(F)cc3)C(=O)N(CCc3ccccc3)C2=O)cc1C. The number of rotatable bonds is 6. The Bertz CT molecular complexity index is 1170. The fourth-order valence-electron chi connectivity index (χ4n) is 3.62. The summed E-state index contributed by atoms with van der Waals surface area (Å²) >= 11 is 0. The fraction of sp³-hybridized carbons (Fsp3) is 0.154. The fourth-order valence-corrected chi connectivity index (χ4v) is 3.62. The molecule has 4 rings (SSSR count). The Hall–Kier alpha value is -3.73. The van der Waals surface area contributed by atoms with Gasteiger partial charge in [0.1, 0.15) is 11.5 Å². The second kappa shape index (κ2) is 8.56. The zero-order chi connectivity index (χ0) is 22.0. The molecule has 4 nitrogen and oxygen atoms in total. The van der Waals surface area contributed by atoms with Crippen molar-refractivity contribution < 1.29 is 14.0 Å². The van der Waals surface area contributed by atoms with E-state index in [1.165, 1.54) is 17.0 Å². The lowest BCUT2D eigenvalue weighted by atomic mass is 9.99. The van der Waals surface area contributed by atoms with Crippen molar-refractivity contribution in [3.05, 3.63) is 107 Å². The Morgan fingerprint density at radius 3 is 2.23 bits per heavy atom. The van der Waals surface area contributed by atoms with Gasteiger partial charge in [-0.15, -0.1) is 0 Å². The summed E-state index contributed by atoms with van der Waals surface area (Å²) in [6, 6.07) is 21.2. The number of nitrogens with zero attached hydrogens (tertiary/aromatic N) is 1. The maximum Gasteiger partial charge on any atom is 0.278 e. The third-order valence-corrected chi connectivity index (χ3v) is 5.54. The highest BCUT2D eigenvalue weighted by molar-refractivity contribution is 6.36. The number of benzene rings is 3. The molecule has 0 aliphatic carbocycles. The molecule has 0 atom stereocenters. The average Bonchev–Trinajstić information content (AvgIpc) is 3.00. The first-order valence-corrected chi connectivity index (χ1v) is 10.2.